The zero-order valence-electron chi connectivity index (χ0n) is 22.2. The van der Waals surface area contributed by atoms with Gasteiger partial charge in [-0.15, -0.1) is 0 Å². The van der Waals surface area contributed by atoms with Crippen LogP contribution in [0, 0.1) is 11.7 Å². The van der Waals surface area contributed by atoms with E-state index < -0.39 is 35.2 Å². The summed E-state index contributed by atoms with van der Waals surface area (Å²) in [7, 11) is 5.26. The van der Waals surface area contributed by atoms with Crippen LogP contribution in [-0.4, -0.2) is 62.4 Å². The van der Waals surface area contributed by atoms with E-state index in [1.807, 2.05) is 12.1 Å². The fraction of sp³-hybridized carbons (Fsp3) is 0.481. The first-order valence-corrected chi connectivity index (χ1v) is 12.3. The average Bonchev–Trinajstić information content (AvgIpc) is 3.20. The lowest BCUT2D eigenvalue weighted by molar-refractivity contribution is -0.140. The SMILES string of the molecule is CC(=O)O.COc1ccc(C23CCC(NC(=O)Nc4cccc(C(F)(F)F)c4F)CC2CN(C)C3)cc1OC. The highest BCUT2D eigenvalue weighted by atomic mass is 19.4. The van der Waals surface area contributed by atoms with E-state index in [4.69, 9.17) is 19.4 Å². The van der Waals surface area contributed by atoms with Crippen LogP contribution in [0.25, 0.3) is 0 Å². The molecule has 2 amide bonds. The summed E-state index contributed by atoms with van der Waals surface area (Å²) in [6, 6.07) is 7.88. The molecule has 39 heavy (non-hydrogen) atoms. The summed E-state index contributed by atoms with van der Waals surface area (Å²) in [5.74, 6) is -0.765. The van der Waals surface area contributed by atoms with Gasteiger partial charge in [-0.05, 0) is 62.1 Å². The van der Waals surface area contributed by atoms with Gasteiger partial charge in [-0.1, -0.05) is 12.1 Å². The summed E-state index contributed by atoms with van der Waals surface area (Å²) in [5, 5.41) is 12.5. The number of nitrogens with zero attached hydrogens (tertiary/aromatic N) is 1. The van der Waals surface area contributed by atoms with Crippen molar-refractivity contribution >= 4 is 17.7 Å². The molecule has 0 radical (unpaired) electrons. The van der Waals surface area contributed by atoms with Crippen molar-refractivity contribution in [3.8, 4) is 11.5 Å². The number of hydrogen-bond donors (Lipinski definition) is 3. The van der Waals surface area contributed by atoms with Crippen molar-refractivity contribution in [1.29, 1.82) is 0 Å². The standard InChI is InChI=1S/C25H29F4N3O3.C2H4O2/c1-32-13-16-11-17(30-23(33)31-19-6-4-5-18(22(19)26)25(27,28)29)9-10-24(16,14-32)15-7-8-20(34-2)21(12-15)35-3;1-2(3)4/h4-8,12,16-17H,9-11,13-14H2,1-3H3,(H2,30,31,33);1H3,(H,3,4). The van der Waals surface area contributed by atoms with Crippen LogP contribution >= 0.6 is 0 Å². The number of carbonyl (C=O) groups excluding carboxylic acids is 1. The Kier molecular flexibility index (Phi) is 9.31. The maximum Gasteiger partial charge on any atom is 0.419 e. The number of carboxylic acid groups (broad SMARTS) is 1. The number of likely N-dealkylation sites (N-methyl/N-ethyl adjacent to an activating group) is 1. The molecular weight excluding hydrogens is 522 g/mol. The Bertz CT molecular complexity index is 1190. The molecule has 1 aliphatic heterocycles. The highest BCUT2D eigenvalue weighted by molar-refractivity contribution is 5.89. The number of ether oxygens (including phenoxy) is 2. The van der Waals surface area contributed by atoms with E-state index in [0.29, 0.717) is 30.4 Å². The predicted molar refractivity (Wildman–Crippen MR) is 137 cm³/mol. The molecule has 12 heteroatoms. The Labute approximate surface area is 224 Å². The van der Waals surface area contributed by atoms with Gasteiger partial charge in [0.2, 0.25) is 0 Å². The van der Waals surface area contributed by atoms with Crippen LogP contribution in [0.4, 0.5) is 28.0 Å². The smallest absolute Gasteiger partial charge is 0.419 e. The molecule has 1 saturated heterocycles. The minimum absolute atomic E-state index is 0.115. The van der Waals surface area contributed by atoms with E-state index in [-0.39, 0.29) is 17.4 Å². The molecule has 2 aromatic carbocycles. The molecule has 1 heterocycles. The lowest BCUT2D eigenvalue weighted by Crippen LogP contribution is -2.48. The number of carboxylic acids is 1. The molecule has 8 nitrogen and oxygen atoms in total. The highest BCUT2D eigenvalue weighted by Crippen LogP contribution is 2.49. The number of carbonyl (C=O) groups is 2. The first kappa shape index (κ1) is 30.0. The summed E-state index contributed by atoms with van der Waals surface area (Å²) >= 11 is 0. The number of methoxy groups -OCH3 is 2. The van der Waals surface area contributed by atoms with Gasteiger partial charge < -0.3 is 30.1 Å². The Hall–Kier alpha value is -3.54. The number of likely N-dealkylation sites (tertiary alicyclic amines) is 1. The Morgan fingerprint density at radius 3 is 2.41 bits per heavy atom. The number of nitrogens with one attached hydrogen (secondary N) is 2. The predicted octanol–water partition coefficient (Wildman–Crippen LogP) is 5.13. The van der Waals surface area contributed by atoms with E-state index >= 15 is 0 Å². The molecule has 0 aromatic heterocycles. The molecule has 1 saturated carbocycles. The van der Waals surface area contributed by atoms with Crippen LogP contribution in [0.5, 0.6) is 11.5 Å². The molecule has 1 aliphatic carbocycles. The van der Waals surface area contributed by atoms with Crippen molar-refractivity contribution in [2.45, 2.75) is 43.8 Å². The van der Waals surface area contributed by atoms with Crippen LogP contribution in [-0.2, 0) is 16.4 Å². The zero-order chi connectivity index (χ0) is 29.0. The lowest BCUT2D eigenvalue weighted by Gasteiger charge is -2.42. The summed E-state index contributed by atoms with van der Waals surface area (Å²) < 4.78 is 64.1. The third-order valence-electron chi connectivity index (χ3n) is 7.22. The van der Waals surface area contributed by atoms with Gasteiger partial charge in [0, 0.05) is 31.5 Å². The van der Waals surface area contributed by atoms with Crippen molar-refractivity contribution < 1.29 is 41.7 Å². The van der Waals surface area contributed by atoms with Crippen molar-refractivity contribution in [2.75, 3.05) is 39.7 Å². The number of amides is 2. The third kappa shape index (κ3) is 6.92. The average molecular weight is 556 g/mol. The van der Waals surface area contributed by atoms with Gasteiger partial charge in [0.1, 0.15) is 0 Å². The van der Waals surface area contributed by atoms with Crippen LogP contribution in [0.15, 0.2) is 36.4 Å². The molecule has 2 aliphatic rings. The van der Waals surface area contributed by atoms with E-state index in [2.05, 4.69) is 28.6 Å². The molecule has 2 aromatic rings. The lowest BCUT2D eigenvalue weighted by atomic mass is 9.63. The van der Waals surface area contributed by atoms with Crippen LogP contribution in [0.1, 0.15) is 37.3 Å². The molecule has 3 N–H and O–H groups in total. The van der Waals surface area contributed by atoms with Gasteiger partial charge in [-0.2, -0.15) is 13.2 Å². The Balaban J connectivity index is 0.000000983. The second-order valence-electron chi connectivity index (χ2n) is 9.87. The van der Waals surface area contributed by atoms with Crippen molar-refractivity contribution in [3.63, 3.8) is 0 Å². The first-order valence-electron chi connectivity index (χ1n) is 12.3. The number of aliphatic carboxylic acids is 1. The number of benzene rings is 2. The quantitative estimate of drug-likeness (QED) is 0.443. The number of fused-ring (bicyclic) bond motifs is 1. The van der Waals surface area contributed by atoms with E-state index in [0.717, 1.165) is 44.1 Å². The van der Waals surface area contributed by atoms with Crippen LogP contribution in [0.3, 0.4) is 0 Å². The second-order valence-corrected chi connectivity index (χ2v) is 9.87. The normalized spacial score (nSPS) is 22.7. The number of urea groups is 1. The van der Waals surface area contributed by atoms with Gasteiger partial charge in [0.15, 0.2) is 17.3 Å². The van der Waals surface area contributed by atoms with Gasteiger partial charge in [-0.3, -0.25) is 4.79 Å². The summed E-state index contributed by atoms with van der Waals surface area (Å²) in [5.41, 5.74) is -0.885. The Morgan fingerprint density at radius 2 is 1.79 bits per heavy atom. The van der Waals surface area contributed by atoms with Gasteiger partial charge >= 0.3 is 12.2 Å². The maximum atomic E-state index is 14.3. The topological polar surface area (TPSA) is 100 Å². The van der Waals surface area contributed by atoms with E-state index in [1.54, 1.807) is 14.2 Å². The van der Waals surface area contributed by atoms with Crippen molar-refractivity contribution in [1.82, 2.24) is 10.2 Å². The van der Waals surface area contributed by atoms with Crippen LogP contribution in [0.2, 0.25) is 0 Å². The van der Waals surface area contributed by atoms with Crippen molar-refractivity contribution in [2.24, 2.45) is 5.92 Å². The molecule has 2 fully saturated rings. The number of alkyl halides is 3. The van der Waals surface area contributed by atoms with Gasteiger partial charge in [-0.25, -0.2) is 9.18 Å². The number of anilines is 1. The zero-order valence-corrected chi connectivity index (χ0v) is 22.2. The minimum Gasteiger partial charge on any atom is -0.493 e. The molecule has 3 atom stereocenters. The largest absolute Gasteiger partial charge is 0.493 e. The minimum atomic E-state index is -4.84. The molecule has 4 rings (SSSR count). The summed E-state index contributed by atoms with van der Waals surface area (Å²) in [6.45, 7) is 2.79. The fourth-order valence-electron chi connectivity index (χ4n) is 5.64. The van der Waals surface area contributed by atoms with Gasteiger partial charge in [0.05, 0.1) is 25.5 Å². The molecule has 3 unspecified atom stereocenters. The maximum absolute atomic E-state index is 14.3. The van der Waals surface area contributed by atoms with Crippen LogP contribution < -0.4 is 20.1 Å². The Morgan fingerprint density at radius 1 is 1.13 bits per heavy atom. The molecule has 214 valence electrons. The van der Waals surface area contributed by atoms with E-state index in [1.165, 1.54) is 0 Å². The molecular formula is C27H33F4N3O5. The van der Waals surface area contributed by atoms with Crippen molar-refractivity contribution in [3.05, 3.63) is 53.3 Å². The first-order chi connectivity index (χ1) is 18.3. The second kappa shape index (κ2) is 12.1. The molecule has 0 bridgehead atoms. The number of halogens is 4. The molecule has 0 spiro atoms. The third-order valence-corrected chi connectivity index (χ3v) is 7.22. The number of rotatable bonds is 5. The fourth-order valence-corrected chi connectivity index (χ4v) is 5.64. The van der Waals surface area contributed by atoms with Gasteiger partial charge in [0.25, 0.3) is 5.97 Å². The van der Waals surface area contributed by atoms with E-state index in [9.17, 15) is 22.4 Å². The monoisotopic (exact) mass is 555 g/mol. The highest BCUT2D eigenvalue weighted by Gasteiger charge is 2.50. The summed E-state index contributed by atoms with van der Waals surface area (Å²) in [6.07, 6.45) is -2.67. The number of hydrogen-bond acceptors (Lipinski definition) is 5. The summed E-state index contributed by atoms with van der Waals surface area (Å²) in [4.78, 5) is 23.8.